The molecule has 0 spiro atoms. The number of rotatable bonds is 4. The average Bonchev–Trinajstić information content (AvgIpc) is 2.39. The van der Waals surface area contributed by atoms with Gasteiger partial charge in [0.2, 0.25) is 0 Å². The Hall–Kier alpha value is -2.08. The normalized spacial score (nSPS) is 10.2. The van der Waals surface area contributed by atoms with E-state index in [0.29, 0.717) is 17.8 Å². The molecule has 0 aliphatic heterocycles. The first kappa shape index (κ1) is 13.4. The zero-order valence-corrected chi connectivity index (χ0v) is 11.6. The largest absolute Gasteiger partial charge is 0.384 e. The minimum Gasteiger partial charge on any atom is -0.384 e. The van der Waals surface area contributed by atoms with Crippen molar-refractivity contribution in [3.63, 3.8) is 0 Å². The Morgan fingerprint density at radius 2 is 2.00 bits per heavy atom. The molecule has 6 heteroatoms. The molecule has 1 aromatic carbocycles. The molecule has 2 aromatic rings. The lowest BCUT2D eigenvalue weighted by Crippen LogP contribution is -2.15. The van der Waals surface area contributed by atoms with E-state index in [-0.39, 0.29) is 5.82 Å². The van der Waals surface area contributed by atoms with E-state index in [1.165, 1.54) is 12.3 Å². The summed E-state index contributed by atoms with van der Waals surface area (Å²) in [7, 11) is 0. The second-order valence-electron chi connectivity index (χ2n) is 4.00. The summed E-state index contributed by atoms with van der Waals surface area (Å²) in [5, 5.41) is 3.12. The maximum Gasteiger partial charge on any atom is 0.250 e. The van der Waals surface area contributed by atoms with Gasteiger partial charge in [-0.3, -0.25) is 4.79 Å². The van der Waals surface area contributed by atoms with E-state index in [4.69, 9.17) is 11.5 Å². The number of benzene rings is 1. The lowest BCUT2D eigenvalue weighted by Gasteiger charge is -2.10. The van der Waals surface area contributed by atoms with Gasteiger partial charge in [0, 0.05) is 11.0 Å². The van der Waals surface area contributed by atoms with Crippen LogP contribution < -0.4 is 16.8 Å². The number of pyridine rings is 1. The fourth-order valence-electron chi connectivity index (χ4n) is 1.62. The number of primary amides is 1. The van der Waals surface area contributed by atoms with Crippen LogP contribution in [0.25, 0.3) is 0 Å². The molecule has 0 atom stereocenters. The summed E-state index contributed by atoms with van der Waals surface area (Å²) in [4.78, 5) is 15.3. The van der Waals surface area contributed by atoms with E-state index in [0.717, 1.165) is 10.0 Å². The number of anilines is 2. The van der Waals surface area contributed by atoms with Crippen molar-refractivity contribution in [3.8, 4) is 0 Å². The molecule has 1 heterocycles. The summed E-state index contributed by atoms with van der Waals surface area (Å²) in [5.41, 5.74) is 12.8. The molecule has 1 amide bonds. The Morgan fingerprint density at radius 1 is 1.32 bits per heavy atom. The van der Waals surface area contributed by atoms with Crippen molar-refractivity contribution < 1.29 is 4.79 Å². The Morgan fingerprint density at radius 3 is 2.63 bits per heavy atom. The molecule has 1 aromatic heterocycles. The van der Waals surface area contributed by atoms with Crippen molar-refractivity contribution >= 4 is 33.3 Å². The van der Waals surface area contributed by atoms with Crippen LogP contribution >= 0.6 is 15.9 Å². The predicted molar refractivity (Wildman–Crippen MR) is 78.6 cm³/mol. The molecule has 5 nitrogen and oxygen atoms in total. The van der Waals surface area contributed by atoms with Crippen LogP contribution in [0.5, 0.6) is 0 Å². The molecule has 0 aliphatic rings. The summed E-state index contributed by atoms with van der Waals surface area (Å²) in [6.07, 6.45) is 1.51. The van der Waals surface area contributed by atoms with Gasteiger partial charge >= 0.3 is 0 Å². The Kier molecular flexibility index (Phi) is 4.01. The van der Waals surface area contributed by atoms with E-state index in [2.05, 4.69) is 26.2 Å². The van der Waals surface area contributed by atoms with E-state index in [1.807, 2.05) is 24.3 Å². The maximum atomic E-state index is 11.3. The number of aromatic nitrogens is 1. The number of nitrogens with two attached hydrogens (primary N) is 2. The monoisotopic (exact) mass is 320 g/mol. The molecule has 0 unspecified atom stereocenters. The number of halogens is 1. The van der Waals surface area contributed by atoms with Gasteiger partial charge in [-0.2, -0.15) is 0 Å². The SMILES string of the molecule is NC(=O)c1cc(N)ncc1NCc1ccc(Br)cc1. The highest BCUT2D eigenvalue weighted by Crippen LogP contribution is 2.17. The highest BCUT2D eigenvalue weighted by Gasteiger charge is 2.09. The van der Waals surface area contributed by atoms with Crippen LogP contribution in [0.2, 0.25) is 0 Å². The van der Waals surface area contributed by atoms with Crippen molar-refractivity contribution in [2.75, 3.05) is 11.1 Å². The molecule has 0 bridgehead atoms. The standard InChI is InChI=1S/C13H13BrN4O/c14-9-3-1-8(2-4-9)6-17-11-7-18-12(15)5-10(11)13(16)19/h1-5,7,17H,6H2,(H2,15,18)(H2,16,19). The molecule has 0 aliphatic carbocycles. The lowest BCUT2D eigenvalue weighted by molar-refractivity contribution is 0.100. The Balaban J connectivity index is 2.15. The molecule has 2 rings (SSSR count). The molecule has 98 valence electrons. The number of nitrogen functional groups attached to an aromatic ring is 1. The quantitative estimate of drug-likeness (QED) is 0.804. The Bertz CT molecular complexity index is 598. The first-order chi connectivity index (χ1) is 9.06. The second-order valence-corrected chi connectivity index (χ2v) is 4.91. The van der Waals surface area contributed by atoms with Gasteiger partial charge in [-0.25, -0.2) is 4.98 Å². The molecule has 0 saturated carbocycles. The minimum absolute atomic E-state index is 0.267. The summed E-state index contributed by atoms with van der Waals surface area (Å²) < 4.78 is 1.02. The van der Waals surface area contributed by atoms with Crippen molar-refractivity contribution in [1.29, 1.82) is 0 Å². The number of hydrogen-bond acceptors (Lipinski definition) is 4. The number of amides is 1. The number of carbonyl (C=O) groups is 1. The number of hydrogen-bond donors (Lipinski definition) is 3. The summed E-state index contributed by atoms with van der Waals surface area (Å²) in [5.74, 6) is -0.268. The van der Waals surface area contributed by atoms with Crippen LogP contribution in [-0.4, -0.2) is 10.9 Å². The van der Waals surface area contributed by atoms with E-state index in [1.54, 1.807) is 0 Å². The van der Waals surface area contributed by atoms with Crippen molar-refractivity contribution in [2.24, 2.45) is 5.73 Å². The fraction of sp³-hybridized carbons (Fsp3) is 0.0769. The molecule has 0 saturated heterocycles. The zero-order chi connectivity index (χ0) is 13.8. The molecule has 0 radical (unpaired) electrons. The zero-order valence-electron chi connectivity index (χ0n) is 10.1. The lowest BCUT2D eigenvalue weighted by atomic mass is 10.2. The van der Waals surface area contributed by atoms with Gasteiger partial charge in [-0.05, 0) is 23.8 Å². The van der Waals surface area contributed by atoms with Gasteiger partial charge in [-0.1, -0.05) is 28.1 Å². The van der Waals surface area contributed by atoms with Gasteiger partial charge in [0.15, 0.2) is 0 Å². The third-order valence-electron chi connectivity index (χ3n) is 2.59. The molecule has 0 fully saturated rings. The second kappa shape index (κ2) is 5.71. The first-order valence-electron chi connectivity index (χ1n) is 5.60. The average molecular weight is 321 g/mol. The molecule has 5 N–H and O–H groups in total. The Labute approximate surface area is 119 Å². The third kappa shape index (κ3) is 3.45. The number of carbonyl (C=O) groups excluding carboxylic acids is 1. The van der Waals surface area contributed by atoms with Crippen LogP contribution in [0, 0.1) is 0 Å². The molecular formula is C13H13BrN4O. The number of nitrogens with zero attached hydrogens (tertiary/aromatic N) is 1. The summed E-state index contributed by atoms with van der Waals surface area (Å²) >= 11 is 3.37. The highest BCUT2D eigenvalue weighted by atomic mass is 79.9. The maximum absolute atomic E-state index is 11.3. The van der Waals surface area contributed by atoms with E-state index in [9.17, 15) is 4.79 Å². The third-order valence-corrected chi connectivity index (χ3v) is 3.12. The van der Waals surface area contributed by atoms with Gasteiger partial charge in [0.25, 0.3) is 5.91 Å². The van der Waals surface area contributed by atoms with Gasteiger partial charge < -0.3 is 16.8 Å². The van der Waals surface area contributed by atoms with Gasteiger partial charge in [0.05, 0.1) is 17.4 Å². The van der Waals surface area contributed by atoms with Crippen molar-refractivity contribution in [1.82, 2.24) is 4.98 Å². The van der Waals surface area contributed by atoms with Crippen molar-refractivity contribution in [2.45, 2.75) is 6.54 Å². The smallest absolute Gasteiger partial charge is 0.250 e. The van der Waals surface area contributed by atoms with E-state index >= 15 is 0 Å². The summed E-state index contributed by atoms with van der Waals surface area (Å²) in [6, 6.07) is 9.32. The molecular weight excluding hydrogens is 308 g/mol. The highest BCUT2D eigenvalue weighted by molar-refractivity contribution is 9.10. The van der Waals surface area contributed by atoms with Crippen LogP contribution in [0.1, 0.15) is 15.9 Å². The van der Waals surface area contributed by atoms with Crippen molar-refractivity contribution in [3.05, 3.63) is 52.1 Å². The van der Waals surface area contributed by atoms with Crippen LogP contribution in [-0.2, 0) is 6.54 Å². The predicted octanol–water partition coefficient (Wildman–Crippen LogP) is 2.14. The fourth-order valence-corrected chi connectivity index (χ4v) is 1.88. The minimum atomic E-state index is -0.535. The molecule has 19 heavy (non-hydrogen) atoms. The van der Waals surface area contributed by atoms with Gasteiger partial charge in [-0.15, -0.1) is 0 Å². The van der Waals surface area contributed by atoms with Crippen LogP contribution in [0.3, 0.4) is 0 Å². The topological polar surface area (TPSA) is 94.0 Å². The first-order valence-corrected chi connectivity index (χ1v) is 6.39. The van der Waals surface area contributed by atoms with Crippen LogP contribution in [0.4, 0.5) is 11.5 Å². The van der Waals surface area contributed by atoms with E-state index < -0.39 is 5.91 Å². The summed E-state index contributed by atoms with van der Waals surface area (Å²) in [6.45, 7) is 0.569. The van der Waals surface area contributed by atoms with Crippen LogP contribution in [0.15, 0.2) is 41.0 Å². The number of nitrogens with one attached hydrogen (secondary N) is 1. The van der Waals surface area contributed by atoms with Gasteiger partial charge in [0.1, 0.15) is 5.82 Å².